The molecule has 0 aliphatic heterocycles. The minimum Gasteiger partial charge on any atom is -0.293 e. The van der Waals surface area contributed by atoms with Crippen molar-refractivity contribution in [2.45, 2.75) is 25.7 Å². The minimum atomic E-state index is -3.24. The smallest absolute Gasteiger partial charge is 0.177 e. The zero-order valence-corrected chi connectivity index (χ0v) is 10.7. The van der Waals surface area contributed by atoms with E-state index >= 15 is 0 Å². The van der Waals surface area contributed by atoms with Crippen LogP contribution in [-0.4, -0.2) is 26.2 Å². The number of carbonyl (C=O) groups excluding carboxylic acids is 1. The van der Waals surface area contributed by atoms with Crippen molar-refractivity contribution in [1.29, 1.82) is 0 Å². The van der Waals surface area contributed by atoms with Gasteiger partial charge in [0.05, 0.1) is 0 Å². The first-order valence-electron chi connectivity index (χ1n) is 5.78. The fourth-order valence-electron chi connectivity index (χ4n) is 2.23. The van der Waals surface area contributed by atoms with Crippen molar-refractivity contribution in [2.75, 3.05) is 12.0 Å². The van der Waals surface area contributed by atoms with Crippen LogP contribution < -0.4 is 0 Å². The largest absolute Gasteiger partial charge is 0.293 e. The van der Waals surface area contributed by atoms with Crippen LogP contribution in [0.2, 0.25) is 0 Å². The summed E-state index contributed by atoms with van der Waals surface area (Å²) >= 11 is 0. The highest BCUT2D eigenvalue weighted by Crippen LogP contribution is 2.22. The maximum Gasteiger partial charge on any atom is 0.177 e. The molecule has 0 bridgehead atoms. The van der Waals surface area contributed by atoms with Crippen molar-refractivity contribution >= 4 is 15.6 Å². The van der Waals surface area contributed by atoms with Gasteiger partial charge < -0.3 is 0 Å². The summed E-state index contributed by atoms with van der Waals surface area (Å²) in [6, 6.07) is 5.57. The molecule has 92 valence electrons. The van der Waals surface area contributed by atoms with Crippen LogP contribution in [0, 0.1) is 0 Å². The van der Waals surface area contributed by atoms with Gasteiger partial charge in [0.2, 0.25) is 0 Å². The van der Waals surface area contributed by atoms with E-state index in [2.05, 4.69) is 0 Å². The molecule has 0 saturated carbocycles. The summed E-state index contributed by atoms with van der Waals surface area (Å²) < 4.78 is 22.2. The standard InChI is InChI=1S/C13H16O3S/c1-17(15,16)9-13(14)12-7-6-10-4-2-3-5-11(10)8-12/h6-8H,2-5,9H2,1H3. The third-order valence-corrected chi connectivity index (χ3v) is 3.85. The highest BCUT2D eigenvalue weighted by Gasteiger charge is 2.16. The fourth-order valence-corrected chi connectivity index (χ4v) is 2.87. The Kier molecular flexibility index (Phi) is 3.33. The molecule has 4 heteroatoms. The first-order valence-corrected chi connectivity index (χ1v) is 7.84. The van der Waals surface area contributed by atoms with Crippen molar-refractivity contribution in [3.63, 3.8) is 0 Å². The quantitative estimate of drug-likeness (QED) is 0.771. The van der Waals surface area contributed by atoms with Crippen LogP contribution in [0.15, 0.2) is 18.2 Å². The average Bonchev–Trinajstić information content (AvgIpc) is 2.26. The summed E-state index contributed by atoms with van der Waals surface area (Å²) in [5.41, 5.74) is 3.03. The Morgan fingerprint density at radius 2 is 1.82 bits per heavy atom. The van der Waals surface area contributed by atoms with E-state index in [-0.39, 0.29) is 5.78 Å². The summed E-state index contributed by atoms with van der Waals surface area (Å²) in [5, 5.41) is 0. The van der Waals surface area contributed by atoms with Gasteiger partial charge in [-0.1, -0.05) is 12.1 Å². The lowest BCUT2D eigenvalue weighted by molar-refractivity contribution is 0.102. The highest BCUT2D eigenvalue weighted by molar-refractivity contribution is 7.91. The second kappa shape index (κ2) is 4.61. The molecule has 1 aromatic rings. The molecule has 0 N–H and O–H groups in total. The molecule has 0 atom stereocenters. The molecule has 0 heterocycles. The molecule has 0 unspecified atom stereocenters. The zero-order valence-electron chi connectivity index (χ0n) is 9.90. The highest BCUT2D eigenvalue weighted by atomic mass is 32.2. The minimum absolute atomic E-state index is 0.305. The number of sulfone groups is 1. The van der Waals surface area contributed by atoms with Gasteiger partial charge >= 0.3 is 0 Å². The van der Waals surface area contributed by atoms with Gasteiger partial charge in [-0.3, -0.25) is 4.79 Å². The lowest BCUT2D eigenvalue weighted by Crippen LogP contribution is -2.15. The predicted molar refractivity (Wildman–Crippen MR) is 67.1 cm³/mol. The number of Topliss-reactive ketones (excluding diaryl/α,β-unsaturated/α-hetero) is 1. The Morgan fingerprint density at radius 1 is 1.18 bits per heavy atom. The van der Waals surface area contributed by atoms with Crippen LogP contribution in [-0.2, 0) is 22.7 Å². The Balaban J connectivity index is 2.25. The van der Waals surface area contributed by atoms with Gasteiger partial charge in [-0.05, 0) is 42.9 Å². The number of rotatable bonds is 3. The van der Waals surface area contributed by atoms with E-state index < -0.39 is 15.6 Å². The fraction of sp³-hybridized carbons (Fsp3) is 0.462. The van der Waals surface area contributed by atoms with Crippen molar-refractivity contribution in [2.24, 2.45) is 0 Å². The normalized spacial score (nSPS) is 15.4. The molecule has 0 aromatic heterocycles. The van der Waals surface area contributed by atoms with Crippen LogP contribution in [0.5, 0.6) is 0 Å². The Bertz CT molecular complexity index is 544. The Labute approximate surface area is 102 Å². The third-order valence-electron chi connectivity index (χ3n) is 3.06. The molecule has 1 aromatic carbocycles. The second-order valence-electron chi connectivity index (χ2n) is 4.68. The van der Waals surface area contributed by atoms with Gasteiger partial charge in [0.25, 0.3) is 0 Å². The topological polar surface area (TPSA) is 51.2 Å². The van der Waals surface area contributed by atoms with Crippen LogP contribution in [0.3, 0.4) is 0 Å². The monoisotopic (exact) mass is 252 g/mol. The number of carbonyl (C=O) groups is 1. The lowest BCUT2D eigenvalue weighted by Gasteiger charge is -2.16. The number of aryl methyl sites for hydroxylation is 2. The predicted octanol–water partition coefficient (Wildman–Crippen LogP) is 1.79. The maximum atomic E-state index is 11.8. The van der Waals surface area contributed by atoms with Crippen LogP contribution in [0.1, 0.15) is 34.3 Å². The van der Waals surface area contributed by atoms with E-state index in [0.717, 1.165) is 25.5 Å². The molecule has 0 radical (unpaired) electrons. The summed E-state index contributed by atoms with van der Waals surface area (Å²) in [4.78, 5) is 11.8. The number of benzene rings is 1. The van der Waals surface area contributed by atoms with Gasteiger partial charge in [-0.2, -0.15) is 0 Å². The van der Waals surface area contributed by atoms with E-state index in [4.69, 9.17) is 0 Å². The van der Waals surface area contributed by atoms with Crippen LogP contribution >= 0.6 is 0 Å². The van der Waals surface area contributed by atoms with Crippen LogP contribution in [0.4, 0.5) is 0 Å². The molecule has 1 aliphatic carbocycles. The van der Waals surface area contributed by atoms with E-state index in [0.29, 0.717) is 5.56 Å². The molecule has 0 fully saturated rings. The molecular weight excluding hydrogens is 236 g/mol. The molecular formula is C13H16O3S. The van der Waals surface area contributed by atoms with E-state index in [1.165, 1.54) is 17.5 Å². The number of ketones is 1. The maximum absolute atomic E-state index is 11.8. The molecule has 0 saturated heterocycles. The van der Waals surface area contributed by atoms with E-state index in [1.54, 1.807) is 6.07 Å². The van der Waals surface area contributed by atoms with Crippen molar-refractivity contribution in [3.8, 4) is 0 Å². The van der Waals surface area contributed by atoms with E-state index in [9.17, 15) is 13.2 Å². The molecule has 2 rings (SSSR count). The summed E-state index contributed by atoms with van der Waals surface area (Å²) in [5.74, 6) is -0.702. The second-order valence-corrected chi connectivity index (χ2v) is 6.82. The van der Waals surface area contributed by atoms with Crippen molar-refractivity contribution < 1.29 is 13.2 Å². The summed E-state index contributed by atoms with van der Waals surface area (Å²) in [6.45, 7) is 0. The number of hydrogen-bond donors (Lipinski definition) is 0. The van der Waals surface area contributed by atoms with Gasteiger partial charge in [0.15, 0.2) is 15.6 Å². The van der Waals surface area contributed by atoms with Crippen LogP contribution in [0.25, 0.3) is 0 Å². The van der Waals surface area contributed by atoms with Gasteiger partial charge in [0.1, 0.15) is 5.75 Å². The van der Waals surface area contributed by atoms with Crippen molar-refractivity contribution in [3.05, 3.63) is 34.9 Å². The molecule has 1 aliphatic rings. The Hall–Kier alpha value is -1.16. The van der Waals surface area contributed by atoms with Crippen molar-refractivity contribution in [1.82, 2.24) is 0 Å². The zero-order chi connectivity index (χ0) is 12.5. The third kappa shape index (κ3) is 3.16. The first-order chi connectivity index (χ1) is 7.96. The molecule has 0 amide bonds. The SMILES string of the molecule is CS(=O)(=O)CC(=O)c1ccc2c(c1)CCCC2. The van der Waals surface area contributed by atoms with Gasteiger partial charge in [0, 0.05) is 11.8 Å². The number of fused-ring (bicyclic) bond motifs is 1. The number of hydrogen-bond acceptors (Lipinski definition) is 3. The van der Waals surface area contributed by atoms with Gasteiger partial charge in [-0.25, -0.2) is 8.42 Å². The Morgan fingerprint density at radius 3 is 2.47 bits per heavy atom. The molecule has 0 spiro atoms. The summed E-state index contributed by atoms with van der Waals surface area (Å²) in [7, 11) is -3.24. The first kappa shape index (κ1) is 12.3. The van der Waals surface area contributed by atoms with Gasteiger partial charge in [-0.15, -0.1) is 0 Å². The average molecular weight is 252 g/mol. The molecule has 17 heavy (non-hydrogen) atoms. The summed E-state index contributed by atoms with van der Waals surface area (Å²) in [6.07, 6.45) is 5.49. The van der Waals surface area contributed by atoms with E-state index in [1.807, 2.05) is 12.1 Å². The lowest BCUT2D eigenvalue weighted by atomic mass is 9.90. The molecule has 3 nitrogen and oxygen atoms in total.